The summed E-state index contributed by atoms with van der Waals surface area (Å²) in [5, 5.41) is 35.6. The molecule has 0 aromatic heterocycles. The lowest BCUT2D eigenvalue weighted by atomic mass is 9.78. The number of amides is 1. The van der Waals surface area contributed by atoms with E-state index in [4.69, 9.17) is 4.74 Å². The van der Waals surface area contributed by atoms with E-state index >= 15 is 0 Å². The summed E-state index contributed by atoms with van der Waals surface area (Å²) >= 11 is 0. The van der Waals surface area contributed by atoms with Crippen LogP contribution in [0.1, 0.15) is 70.2 Å². The molecule has 2 rings (SSSR count). The molecule has 1 amide bonds. The van der Waals surface area contributed by atoms with Crippen LogP contribution in [0.25, 0.3) is 0 Å². The molecule has 184 valence electrons. The monoisotopic (exact) mass is 471 g/mol. The second kappa shape index (κ2) is 10.1. The number of carbonyl (C=O) groups excluding carboxylic acids is 1. The molecule has 0 heterocycles. The van der Waals surface area contributed by atoms with Crippen LogP contribution in [0.15, 0.2) is 29.4 Å². The van der Waals surface area contributed by atoms with E-state index in [0.29, 0.717) is 6.42 Å². The number of methoxy groups -OCH3 is 1. The average molecular weight is 472 g/mol. The number of carbonyl (C=O) groups is 1. The SMILES string of the molecule is COc1cc(/C=N\NC(=O)CCc2cc(C(C)(C)C)c(O)c(C(C)(C)C)c2)cc([N+](=O)[O-])c1O. The highest BCUT2D eigenvalue weighted by atomic mass is 16.6. The van der Waals surface area contributed by atoms with E-state index in [1.54, 1.807) is 0 Å². The predicted octanol–water partition coefficient (Wildman–Crippen LogP) is 4.69. The number of hydrogen-bond acceptors (Lipinski definition) is 7. The first-order valence-corrected chi connectivity index (χ1v) is 10.9. The zero-order chi connectivity index (χ0) is 25.8. The Morgan fingerprint density at radius 3 is 2.09 bits per heavy atom. The van der Waals surface area contributed by atoms with Gasteiger partial charge in [0.2, 0.25) is 11.7 Å². The maximum atomic E-state index is 12.3. The molecular formula is C25H33N3O6. The van der Waals surface area contributed by atoms with E-state index in [-0.39, 0.29) is 40.2 Å². The number of phenolic OH excluding ortho intramolecular Hbond substituents is 2. The summed E-state index contributed by atoms with van der Waals surface area (Å²) in [4.78, 5) is 22.7. The van der Waals surface area contributed by atoms with Gasteiger partial charge < -0.3 is 14.9 Å². The standard InChI is InChI=1S/C25H33N3O6/c1-24(2,3)17-10-15(11-18(22(17)30)25(4,5)6)8-9-21(29)27-26-14-16-12-19(28(32)33)23(31)20(13-16)34-7/h10-14,30-31H,8-9H2,1-7H3,(H,27,29)/b26-14-. The van der Waals surface area contributed by atoms with Crippen LogP contribution in [0.5, 0.6) is 17.2 Å². The van der Waals surface area contributed by atoms with Gasteiger partial charge in [-0.05, 0) is 40.0 Å². The third kappa shape index (κ3) is 6.46. The van der Waals surface area contributed by atoms with E-state index in [1.165, 1.54) is 19.4 Å². The van der Waals surface area contributed by atoms with Crippen molar-refractivity contribution in [3.63, 3.8) is 0 Å². The van der Waals surface area contributed by atoms with Crippen LogP contribution in [-0.4, -0.2) is 34.4 Å². The van der Waals surface area contributed by atoms with Crippen molar-refractivity contribution in [2.45, 2.75) is 65.2 Å². The largest absolute Gasteiger partial charge is 0.507 e. The first-order valence-electron chi connectivity index (χ1n) is 10.9. The van der Waals surface area contributed by atoms with E-state index in [0.717, 1.165) is 22.8 Å². The number of aryl methyl sites for hydroxylation is 1. The minimum absolute atomic E-state index is 0.0707. The molecule has 0 atom stereocenters. The molecule has 2 aromatic carbocycles. The van der Waals surface area contributed by atoms with Gasteiger partial charge in [-0.15, -0.1) is 0 Å². The second-order valence-electron chi connectivity index (χ2n) is 10.2. The Morgan fingerprint density at radius 2 is 1.62 bits per heavy atom. The molecule has 9 nitrogen and oxygen atoms in total. The topological polar surface area (TPSA) is 134 Å². The minimum Gasteiger partial charge on any atom is -0.507 e. The molecule has 0 bridgehead atoms. The Bertz CT molecular complexity index is 1080. The van der Waals surface area contributed by atoms with Gasteiger partial charge in [-0.25, -0.2) is 5.43 Å². The van der Waals surface area contributed by atoms with Gasteiger partial charge in [-0.1, -0.05) is 53.7 Å². The molecule has 0 aliphatic heterocycles. The molecule has 0 saturated heterocycles. The second-order valence-corrected chi connectivity index (χ2v) is 10.2. The normalized spacial score (nSPS) is 12.1. The number of nitro groups is 1. The van der Waals surface area contributed by atoms with Gasteiger partial charge in [0.1, 0.15) is 5.75 Å². The summed E-state index contributed by atoms with van der Waals surface area (Å²) in [6.45, 7) is 12.2. The van der Waals surface area contributed by atoms with Gasteiger partial charge in [0.05, 0.1) is 18.2 Å². The van der Waals surface area contributed by atoms with E-state index < -0.39 is 16.4 Å². The van der Waals surface area contributed by atoms with Gasteiger partial charge in [-0.3, -0.25) is 14.9 Å². The number of ether oxygens (including phenoxy) is 1. The third-order valence-electron chi connectivity index (χ3n) is 5.32. The lowest BCUT2D eigenvalue weighted by Crippen LogP contribution is -2.20. The number of rotatable bonds is 7. The molecule has 0 spiro atoms. The number of nitrogens with one attached hydrogen (secondary N) is 1. The van der Waals surface area contributed by atoms with Crippen LogP contribution in [0.4, 0.5) is 5.69 Å². The zero-order valence-corrected chi connectivity index (χ0v) is 20.7. The quantitative estimate of drug-likeness (QED) is 0.305. The van der Waals surface area contributed by atoms with Crippen LogP contribution >= 0.6 is 0 Å². The van der Waals surface area contributed by atoms with Crippen molar-refractivity contribution >= 4 is 17.8 Å². The summed E-state index contributed by atoms with van der Waals surface area (Å²) in [5.41, 5.74) is 4.24. The van der Waals surface area contributed by atoms with Crippen molar-refractivity contribution in [2.75, 3.05) is 7.11 Å². The Hall–Kier alpha value is -3.62. The first kappa shape index (κ1) is 26.6. The fourth-order valence-corrected chi connectivity index (χ4v) is 3.46. The lowest BCUT2D eigenvalue weighted by molar-refractivity contribution is -0.386. The zero-order valence-electron chi connectivity index (χ0n) is 20.7. The van der Waals surface area contributed by atoms with Crippen molar-refractivity contribution in [2.24, 2.45) is 5.10 Å². The first-order chi connectivity index (χ1) is 15.6. The minimum atomic E-state index is -0.733. The average Bonchev–Trinajstić information content (AvgIpc) is 2.71. The fraction of sp³-hybridized carbons (Fsp3) is 0.440. The summed E-state index contributed by atoms with van der Waals surface area (Å²) in [6.07, 6.45) is 1.85. The molecule has 9 heteroatoms. The van der Waals surface area contributed by atoms with Crippen LogP contribution in [0.3, 0.4) is 0 Å². The fourth-order valence-electron chi connectivity index (χ4n) is 3.46. The highest BCUT2D eigenvalue weighted by Crippen LogP contribution is 2.40. The van der Waals surface area contributed by atoms with Gasteiger partial charge in [0, 0.05) is 18.1 Å². The molecule has 0 radical (unpaired) electrons. The Labute approximate surface area is 199 Å². The number of phenols is 2. The summed E-state index contributed by atoms with van der Waals surface area (Å²) < 4.78 is 4.95. The number of aromatic hydroxyl groups is 2. The van der Waals surface area contributed by atoms with Gasteiger partial charge >= 0.3 is 5.69 Å². The van der Waals surface area contributed by atoms with Gasteiger partial charge in [0.15, 0.2) is 5.75 Å². The molecule has 3 N–H and O–H groups in total. The number of nitro benzene ring substituents is 1. The van der Waals surface area contributed by atoms with E-state index in [1.807, 2.05) is 53.7 Å². The van der Waals surface area contributed by atoms with E-state index in [2.05, 4.69) is 10.5 Å². The molecular weight excluding hydrogens is 438 g/mol. The van der Waals surface area contributed by atoms with Crippen molar-refractivity contribution in [3.8, 4) is 17.2 Å². The number of nitrogens with zero attached hydrogens (tertiary/aromatic N) is 2. The van der Waals surface area contributed by atoms with E-state index in [9.17, 15) is 25.1 Å². The maximum absolute atomic E-state index is 12.3. The van der Waals surface area contributed by atoms with Crippen LogP contribution in [0, 0.1) is 10.1 Å². The molecule has 0 fully saturated rings. The molecule has 0 aliphatic carbocycles. The Kier molecular flexibility index (Phi) is 7.92. The van der Waals surface area contributed by atoms with Crippen molar-refractivity contribution in [3.05, 3.63) is 56.6 Å². The predicted molar refractivity (Wildman–Crippen MR) is 131 cm³/mol. The molecule has 0 unspecified atom stereocenters. The van der Waals surface area contributed by atoms with Crippen molar-refractivity contribution in [1.82, 2.24) is 5.43 Å². The van der Waals surface area contributed by atoms with Crippen LogP contribution in [-0.2, 0) is 22.0 Å². The Balaban J connectivity index is 2.15. The summed E-state index contributed by atoms with van der Waals surface area (Å²) in [5.74, 6) is -0.694. The van der Waals surface area contributed by atoms with Crippen LogP contribution in [0.2, 0.25) is 0 Å². The van der Waals surface area contributed by atoms with Crippen molar-refractivity contribution in [1.29, 1.82) is 0 Å². The smallest absolute Gasteiger partial charge is 0.315 e. The highest BCUT2D eigenvalue weighted by Gasteiger charge is 2.26. The van der Waals surface area contributed by atoms with Gasteiger partial charge in [-0.2, -0.15) is 5.10 Å². The highest BCUT2D eigenvalue weighted by molar-refractivity contribution is 5.85. The summed E-state index contributed by atoms with van der Waals surface area (Å²) in [6, 6.07) is 6.37. The number of hydrogen-bond donors (Lipinski definition) is 3. The lowest BCUT2D eigenvalue weighted by Gasteiger charge is -2.28. The molecule has 2 aromatic rings. The maximum Gasteiger partial charge on any atom is 0.315 e. The molecule has 0 aliphatic rings. The third-order valence-corrected chi connectivity index (χ3v) is 5.32. The number of hydrazone groups is 1. The van der Waals surface area contributed by atoms with Gasteiger partial charge in [0.25, 0.3) is 0 Å². The number of benzene rings is 2. The molecule has 34 heavy (non-hydrogen) atoms. The Morgan fingerprint density at radius 1 is 1.06 bits per heavy atom. The summed E-state index contributed by atoms with van der Waals surface area (Å²) in [7, 11) is 1.28. The van der Waals surface area contributed by atoms with Crippen LogP contribution < -0.4 is 10.2 Å². The molecule has 0 saturated carbocycles. The van der Waals surface area contributed by atoms with Crippen molar-refractivity contribution < 1.29 is 24.7 Å².